The SMILES string of the molecule is C=C(/C=C\C)N(C)CC(C)C. The zero-order valence-electron chi connectivity index (χ0n) is 8.09. The van der Waals surface area contributed by atoms with Crippen molar-refractivity contribution < 1.29 is 0 Å². The molecular formula is C10H19N. The zero-order valence-corrected chi connectivity index (χ0v) is 8.09. The summed E-state index contributed by atoms with van der Waals surface area (Å²) in [6.07, 6.45) is 4.04. The molecule has 0 saturated carbocycles. The molecular weight excluding hydrogens is 134 g/mol. The molecule has 0 aliphatic rings. The van der Waals surface area contributed by atoms with E-state index in [1.54, 1.807) is 0 Å². The second-order valence-corrected chi connectivity index (χ2v) is 3.27. The lowest BCUT2D eigenvalue weighted by atomic mass is 10.2. The minimum Gasteiger partial charge on any atom is -0.375 e. The molecule has 0 aliphatic carbocycles. The Morgan fingerprint density at radius 3 is 2.45 bits per heavy atom. The fourth-order valence-electron chi connectivity index (χ4n) is 0.985. The largest absolute Gasteiger partial charge is 0.375 e. The minimum absolute atomic E-state index is 0.696. The van der Waals surface area contributed by atoms with Gasteiger partial charge in [-0.15, -0.1) is 0 Å². The average Bonchev–Trinajstić information content (AvgIpc) is 1.86. The lowest BCUT2D eigenvalue weighted by molar-refractivity contribution is 0.372. The molecule has 0 fully saturated rings. The van der Waals surface area contributed by atoms with E-state index in [2.05, 4.69) is 32.4 Å². The summed E-state index contributed by atoms with van der Waals surface area (Å²) in [5.74, 6) is 0.696. The van der Waals surface area contributed by atoms with Crippen molar-refractivity contribution in [3.8, 4) is 0 Å². The summed E-state index contributed by atoms with van der Waals surface area (Å²) in [5, 5.41) is 0. The zero-order chi connectivity index (χ0) is 8.85. The molecule has 0 atom stereocenters. The van der Waals surface area contributed by atoms with Gasteiger partial charge in [0.25, 0.3) is 0 Å². The van der Waals surface area contributed by atoms with Crippen molar-refractivity contribution in [1.29, 1.82) is 0 Å². The van der Waals surface area contributed by atoms with Gasteiger partial charge in [0.05, 0.1) is 0 Å². The van der Waals surface area contributed by atoms with Gasteiger partial charge in [-0.05, 0) is 18.9 Å². The van der Waals surface area contributed by atoms with Crippen LogP contribution in [0.25, 0.3) is 0 Å². The van der Waals surface area contributed by atoms with Gasteiger partial charge < -0.3 is 4.90 Å². The number of hydrogen-bond donors (Lipinski definition) is 0. The molecule has 0 spiro atoms. The summed E-state index contributed by atoms with van der Waals surface area (Å²) < 4.78 is 0. The molecule has 0 amide bonds. The van der Waals surface area contributed by atoms with Gasteiger partial charge in [-0.1, -0.05) is 26.5 Å². The third-order valence-electron chi connectivity index (χ3n) is 1.49. The molecule has 0 unspecified atom stereocenters. The fourth-order valence-corrected chi connectivity index (χ4v) is 0.985. The summed E-state index contributed by atoms with van der Waals surface area (Å²) in [4.78, 5) is 2.17. The van der Waals surface area contributed by atoms with E-state index in [4.69, 9.17) is 0 Å². The Morgan fingerprint density at radius 2 is 2.09 bits per heavy atom. The highest BCUT2D eigenvalue weighted by Gasteiger charge is 2.00. The van der Waals surface area contributed by atoms with Crippen molar-refractivity contribution in [2.24, 2.45) is 5.92 Å². The van der Waals surface area contributed by atoms with Crippen LogP contribution in [0.1, 0.15) is 20.8 Å². The number of rotatable bonds is 4. The van der Waals surface area contributed by atoms with Gasteiger partial charge in [0.15, 0.2) is 0 Å². The van der Waals surface area contributed by atoms with Crippen molar-refractivity contribution in [3.63, 3.8) is 0 Å². The maximum atomic E-state index is 3.94. The second kappa shape index (κ2) is 5.00. The van der Waals surface area contributed by atoms with Crippen LogP contribution in [0.4, 0.5) is 0 Å². The minimum atomic E-state index is 0.696. The van der Waals surface area contributed by atoms with E-state index in [1.165, 1.54) is 0 Å². The Balaban J connectivity index is 3.83. The first-order valence-corrected chi connectivity index (χ1v) is 4.10. The van der Waals surface area contributed by atoms with Crippen LogP contribution in [0.3, 0.4) is 0 Å². The van der Waals surface area contributed by atoms with E-state index in [0.717, 1.165) is 12.2 Å². The number of likely N-dealkylation sites (N-methyl/N-ethyl adjacent to an activating group) is 1. The van der Waals surface area contributed by atoms with Gasteiger partial charge in [0, 0.05) is 19.3 Å². The molecule has 64 valence electrons. The highest BCUT2D eigenvalue weighted by molar-refractivity contribution is 5.11. The molecule has 0 rings (SSSR count). The van der Waals surface area contributed by atoms with E-state index in [1.807, 2.05) is 19.1 Å². The first-order chi connectivity index (χ1) is 5.07. The number of allylic oxidation sites excluding steroid dienone is 2. The fraction of sp³-hybridized carbons (Fsp3) is 0.600. The van der Waals surface area contributed by atoms with Gasteiger partial charge in [-0.2, -0.15) is 0 Å². The third-order valence-corrected chi connectivity index (χ3v) is 1.49. The van der Waals surface area contributed by atoms with Crippen LogP contribution in [-0.4, -0.2) is 18.5 Å². The van der Waals surface area contributed by atoms with E-state index in [-0.39, 0.29) is 0 Å². The molecule has 0 saturated heterocycles. The predicted octanol–water partition coefficient (Wildman–Crippen LogP) is 2.66. The van der Waals surface area contributed by atoms with Crippen molar-refractivity contribution in [3.05, 3.63) is 24.4 Å². The molecule has 11 heavy (non-hydrogen) atoms. The Hall–Kier alpha value is -0.720. The molecule has 0 bridgehead atoms. The summed E-state index contributed by atoms with van der Waals surface area (Å²) >= 11 is 0. The van der Waals surface area contributed by atoms with E-state index < -0.39 is 0 Å². The molecule has 0 aliphatic heterocycles. The van der Waals surface area contributed by atoms with Crippen molar-refractivity contribution in [2.75, 3.05) is 13.6 Å². The van der Waals surface area contributed by atoms with E-state index >= 15 is 0 Å². The topological polar surface area (TPSA) is 3.24 Å². The number of nitrogens with zero attached hydrogens (tertiary/aromatic N) is 1. The van der Waals surface area contributed by atoms with Crippen LogP contribution >= 0.6 is 0 Å². The maximum Gasteiger partial charge on any atom is 0.0287 e. The molecule has 0 N–H and O–H groups in total. The summed E-state index contributed by atoms with van der Waals surface area (Å²) in [6.45, 7) is 11.4. The molecule has 0 radical (unpaired) electrons. The lowest BCUT2D eigenvalue weighted by Crippen LogP contribution is -2.20. The van der Waals surface area contributed by atoms with Crippen LogP contribution in [0.5, 0.6) is 0 Å². The first kappa shape index (κ1) is 10.3. The van der Waals surface area contributed by atoms with Crippen molar-refractivity contribution >= 4 is 0 Å². The van der Waals surface area contributed by atoms with Crippen LogP contribution < -0.4 is 0 Å². The van der Waals surface area contributed by atoms with Gasteiger partial charge in [-0.25, -0.2) is 0 Å². The van der Waals surface area contributed by atoms with Crippen LogP contribution in [-0.2, 0) is 0 Å². The molecule has 0 aromatic rings. The maximum absolute atomic E-state index is 3.94. The molecule has 1 nitrogen and oxygen atoms in total. The summed E-state index contributed by atoms with van der Waals surface area (Å²) in [7, 11) is 2.07. The van der Waals surface area contributed by atoms with Crippen LogP contribution in [0.15, 0.2) is 24.4 Å². The normalized spacial score (nSPS) is 11.0. The van der Waals surface area contributed by atoms with Crippen molar-refractivity contribution in [2.45, 2.75) is 20.8 Å². The highest BCUT2D eigenvalue weighted by atomic mass is 15.1. The molecule has 0 aromatic carbocycles. The van der Waals surface area contributed by atoms with Crippen LogP contribution in [0.2, 0.25) is 0 Å². The van der Waals surface area contributed by atoms with Gasteiger partial charge in [0.2, 0.25) is 0 Å². The predicted molar refractivity (Wildman–Crippen MR) is 51.4 cm³/mol. The highest BCUT2D eigenvalue weighted by Crippen LogP contribution is 2.03. The van der Waals surface area contributed by atoms with E-state index in [9.17, 15) is 0 Å². The molecule has 0 heterocycles. The van der Waals surface area contributed by atoms with E-state index in [0.29, 0.717) is 5.92 Å². The Labute approximate surface area is 70.4 Å². The smallest absolute Gasteiger partial charge is 0.0287 e. The summed E-state index contributed by atoms with van der Waals surface area (Å²) in [5.41, 5.74) is 1.08. The standard InChI is InChI=1S/C10H19N/c1-6-7-10(4)11(5)8-9(2)3/h6-7,9H,4,8H2,1-3,5H3/b7-6-. The van der Waals surface area contributed by atoms with Crippen molar-refractivity contribution in [1.82, 2.24) is 4.90 Å². The first-order valence-electron chi connectivity index (χ1n) is 4.10. The Kier molecular flexibility index (Phi) is 4.67. The molecule has 0 aromatic heterocycles. The summed E-state index contributed by atoms with van der Waals surface area (Å²) in [6, 6.07) is 0. The van der Waals surface area contributed by atoms with Gasteiger partial charge in [0.1, 0.15) is 0 Å². The third kappa shape index (κ3) is 4.65. The Bertz CT molecular complexity index is 145. The quantitative estimate of drug-likeness (QED) is 0.561. The van der Waals surface area contributed by atoms with Gasteiger partial charge in [-0.3, -0.25) is 0 Å². The lowest BCUT2D eigenvalue weighted by Gasteiger charge is -2.21. The molecule has 1 heteroatoms. The average molecular weight is 153 g/mol. The van der Waals surface area contributed by atoms with Gasteiger partial charge >= 0.3 is 0 Å². The number of hydrogen-bond acceptors (Lipinski definition) is 1. The Morgan fingerprint density at radius 1 is 1.55 bits per heavy atom. The monoisotopic (exact) mass is 153 g/mol. The second-order valence-electron chi connectivity index (χ2n) is 3.27. The van der Waals surface area contributed by atoms with Crippen LogP contribution in [0, 0.1) is 5.92 Å².